The number of anilines is 2. The number of piperazine rings is 1. The average Bonchev–Trinajstić information content (AvgIpc) is 2.89. The smallest absolute Gasteiger partial charge is 0.305 e. The van der Waals surface area contributed by atoms with Crippen molar-refractivity contribution in [3.05, 3.63) is 83.2 Å². The highest BCUT2D eigenvalue weighted by molar-refractivity contribution is 6.02. The standard InChI is InChI=1S/C29H31FN4O3/c1-19-6-4-7-21(16-19)32-12-14-33(15-13-32)29-31-28-22(8-5-9-23(28)30)24(18-27(35)36)34(29)25-17-20(2)10-11-26(25)37-3/h4-11,16-17,24H,12-15,18H2,1-3H3,(H,35,36). The lowest BCUT2D eigenvalue weighted by Gasteiger charge is -2.45. The molecule has 2 heterocycles. The minimum atomic E-state index is -0.970. The number of aryl methyl sites for hydroxylation is 2. The molecule has 37 heavy (non-hydrogen) atoms. The van der Waals surface area contributed by atoms with E-state index in [-0.39, 0.29) is 12.1 Å². The number of methoxy groups -OCH3 is 1. The lowest BCUT2D eigenvalue weighted by molar-refractivity contribution is -0.137. The molecule has 5 rings (SSSR count). The molecule has 192 valence electrons. The number of halogens is 1. The molecule has 2 aliphatic rings. The predicted molar refractivity (Wildman–Crippen MR) is 144 cm³/mol. The fraction of sp³-hybridized carbons (Fsp3) is 0.310. The molecule has 0 aromatic heterocycles. The second-order valence-electron chi connectivity index (χ2n) is 9.56. The number of para-hydroxylation sites is 1. The van der Waals surface area contributed by atoms with E-state index in [9.17, 15) is 9.90 Å². The summed E-state index contributed by atoms with van der Waals surface area (Å²) in [5, 5.41) is 9.87. The molecule has 2 aliphatic heterocycles. The zero-order chi connectivity index (χ0) is 26.1. The first kappa shape index (κ1) is 24.6. The Kier molecular flexibility index (Phi) is 6.74. The van der Waals surface area contributed by atoms with Crippen molar-refractivity contribution in [2.75, 3.05) is 43.1 Å². The molecule has 7 nitrogen and oxygen atoms in total. The highest BCUT2D eigenvalue weighted by atomic mass is 19.1. The van der Waals surface area contributed by atoms with Crippen molar-refractivity contribution in [2.45, 2.75) is 26.3 Å². The van der Waals surface area contributed by atoms with Gasteiger partial charge in [-0.05, 0) is 55.3 Å². The molecule has 0 amide bonds. The van der Waals surface area contributed by atoms with Crippen LogP contribution in [-0.4, -0.2) is 55.2 Å². The van der Waals surface area contributed by atoms with Crippen molar-refractivity contribution in [2.24, 2.45) is 4.99 Å². The molecule has 0 radical (unpaired) electrons. The summed E-state index contributed by atoms with van der Waals surface area (Å²) in [6.45, 7) is 6.88. The van der Waals surface area contributed by atoms with Crippen molar-refractivity contribution >= 4 is 29.0 Å². The number of carbonyl (C=O) groups is 1. The number of rotatable bonds is 5. The van der Waals surface area contributed by atoms with Gasteiger partial charge in [0, 0.05) is 37.4 Å². The molecule has 8 heteroatoms. The molecule has 0 spiro atoms. The van der Waals surface area contributed by atoms with Crippen LogP contribution in [0.4, 0.5) is 21.5 Å². The van der Waals surface area contributed by atoms with Crippen LogP contribution >= 0.6 is 0 Å². The fourth-order valence-corrected chi connectivity index (χ4v) is 5.19. The van der Waals surface area contributed by atoms with Crippen LogP contribution in [0, 0.1) is 19.7 Å². The summed E-state index contributed by atoms with van der Waals surface area (Å²) >= 11 is 0. The summed E-state index contributed by atoms with van der Waals surface area (Å²) in [5.74, 6) is -0.287. The number of guanidine groups is 1. The van der Waals surface area contributed by atoms with Gasteiger partial charge in [0.05, 0.1) is 25.3 Å². The van der Waals surface area contributed by atoms with E-state index < -0.39 is 17.8 Å². The third kappa shape index (κ3) is 4.83. The molecule has 1 fully saturated rings. The molecular formula is C29H31FN4O3. The van der Waals surface area contributed by atoms with Crippen LogP contribution in [0.1, 0.15) is 29.2 Å². The van der Waals surface area contributed by atoms with Gasteiger partial charge in [0.15, 0.2) is 0 Å². The molecule has 1 N–H and O–H groups in total. The normalized spacial score (nSPS) is 17.4. The third-order valence-electron chi connectivity index (χ3n) is 7.01. The minimum Gasteiger partial charge on any atom is -0.495 e. The second-order valence-corrected chi connectivity index (χ2v) is 9.56. The zero-order valence-corrected chi connectivity index (χ0v) is 21.3. The SMILES string of the molecule is COc1ccc(C)cc1N1C(N2CCN(c3cccc(C)c3)CC2)=Nc2c(F)cccc2C1CC(=O)O. The Morgan fingerprint density at radius 1 is 1.00 bits per heavy atom. The number of fused-ring (bicyclic) bond motifs is 1. The van der Waals surface area contributed by atoms with Gasteiger partial charge in [0.1, 0.15) is 17.3 Å². The summed E-state index contributed by atoms with van der Waals surface area (Å²) in [4.78, 5) is 23.3. The highest BCUT2D eigenvalue weighted by Gasteiger charge is 2.38. The van der Waals surface area contributed by atoms with Gasteiger partial charge >= 0.3 is 5.97 Å². The van der Waals surface area contributed by atoms with Crippen LogP contribution in [0.2, 0.25) is 0 Å². The summed E-state index contributed by atoms with van der Waals surface area (Å²) in [5.41, 5.74) is 4.84. The number of aliphatic imine (C=N–C) groups is 1. The van der Waals surface area contributed by atoms with E-state index in [1.54, 1.807) is 19.2 Å². The van der Waals surface area contributed by atoms with E-state index >= 15 is 4.39 Å². The van der Waals surface area contributed by atoms with Crippen LogP contribution in [0.5, 0.6) is 5.75 Å². The summed E-state index contributed by atoms with van der Waals surface area (Å²) in [6.07, 6.45) is -0.212. The maximum absolute atomic E-state index is 15.1. The van der Waals surface area contributed by atoms with Gasteiger partial charge in [-0.2, -0.15) is 0 Å². The van der Waals surface area contributed by atoms with Gasteiger partial charge in [-0.15, -0.1) is 0 Å². The predicted octanol–water partition coefficient (Wildman–Crippen LogP) is 5.30. The number of nitrogens with zero attached hydrogens (tertiary/aromatic N) is 4. The first-order valence-electron chi connectivity index (χ1n) is 12.4. The number of aliphatic carboxylic acids is 1. The van der Waals surface area contributed by atoms with E-state index in [2.05, 4.69) is 41.0 Å². The summed E-state index contributed by atoms with van der Waals surface area (Å²) < 4.78 is 20.8. The largest absolute Gasteiger partial charge is 0.495 e. The number of carboxylic acid groups (broad SMARTS) is 1. The first-order valence-corrected chi connectivity index (χ1v) is 12.4. The van der Waals surface area contributed by atoms with Crippen LogP contribution < -0.4 is 14.5 Å². The zero-order valence-electron chi connectivity index (χ0n) is 21.3. The Balaban J connectivity index is 1.58. The monoisotopic (exact) mass is 502 g/mol. The van der Waals surface area contributed by atoms with Crippen LogP contribution in [0.25, 0.3) is 0 Å². The van der Waals surface area contributed by atoms with Gasteiger partial charge in [-0.3, -0.25) is 4.79 Å². The highest BCUT2D eigenvalue weighted by Crippen LogP contribution is 2.44. The van der Waals surface area contributed by atoms with Gasteiger partial charge < -0.3 is 24.5 Å². The van der Waals surface area contributed by atoms with Crippen molar-refractivity contribution in [3.8, 4) is 5.75 Å². The fourth-order valence-electron chi connectivity index (χ4n) is 5.19. The Labute approximate surface area is 216 Å². The molecule has 0 saturated carbocycles. The Bertz CT molecular complexity index is 1350. The lowest BCUT2D eigenvalue weighted by Crippen LogP contribution is -2.55. The van der Waals surface area contributed by atoms with E-state index in [1.165, 1.54) is 17.3 Å². The summed E-state index contributed by atoms with van der Waals surface area (Å²) in [7, 11) is 1.59. The number of carboxylic acids is 1. The minimum absolute atomic E-state index is 0.202. The number of ether oxygens (including phenoxy) is 1. The number of hydrogen-bond acceptors (Lipinski definition) is 6. The molecule has 3 aromatic carbocycles. The van der Waals surface area contributed by atoms with Crippen LogP contribution in [0.3, 0.4) is 0 Å². The van der Waals surface area contributed by atoms with Gasteiger partial charge in [0.25, 0.3) is 0 Å². The molecule has 1 unspecified atom stereocenters. The third-order valence-corrected chi connectivity index (χ3v) is 7.01. The topological polar surface area (TPSA) is 68.6 Å². The number of benzene rings is 3. The summed E-state index contributed by atoms with van der Waals surface area (Å²) in [6, 6.07) is 18.3. The van der Waals surface area contributed by atoms with Gasteiger partial charge in [0.2, 0.25) is 5.96 Å². The number of hydrogen-bond donors (Lipinski definition) is 1. The van der Waals surface area contributed by atoms with Crippen molar-refractivity contribution in [1.29, 1.82) is 0 Å². The quantitative estimate of drug-likeness (QED) is 0.511. The average molecular weight is 503 g/mol. The van der Waals surface area contributed by atoms with E-state index in [0.29, 0.717) is 36.0 Å². The second kappa shape index (κ2) is 10.1. The van der Waals surface area contributed by atoms with Crippen LogP contribution in [0.15, 0.2) is 65.7 Å². The molecule has 0 aliphatic carbocycles. The first-order chi connectivity index (χ1) is 17.9. The Hall–Kier alpha value is -4.07. The van der Waals surface area contributed by atoms with E-state index in [0.717, 1.165) is 18.7 Å². The lowest BCUT2D eigenvalue weighted by atomic mass is 9.96. The van der Waals surface area contributed by atoms with Crippen LogP contribution in [-0.2, 0) is 4.79 Å². The van der Waals surface area contributed by atoms with Crippen molar-refractivity contribution in [1.82, 2.24) is 4.90 Å². The molecule has 3 aromatic rings. The van der Waals surface area contributed by atoms with Gasteiger partial charge in [-0.25, -0.2) is 9.38 Å². The van der Waals surface area contributed by atoms with E-state index in [4.69, 9.17) is 9.73 Å². The Morgan fingerprint density at radius 2 is 1.70 bits per heavy atom. The molecule has 1 atom stereocenters. The Morgan fingerprint density at radius 3 is 2.41 bits per heavy atom. The molecule has 0 bridgehead atoms. The van der Waals surface area contributed by atoms with Crippen molar-refractivity contribution in [3.63, 3.8) is 0 Å². The van der Waals surface area contributed by atoms with Gasteiger partial charge in [-0.1, -0.05) is 30.3 Å². The van der Waals surface area contributed by atoms with Crippen molar-refractivity contribution < 1.29 is 19.0 Å². The molecule has 1 saturated heterocycles. The molecular weight excluding hydrogens is 471 g/mol. The maximum Gasteiger partial charge on any atom is 0.305 e. The maximum atomic E-state index is 15.1. The van der Waals surface area contributed by atoms with E-state index in [1.807, 2.05) is 30.0 Å².